The molecule has 1 aromatic carbocycles. The fourth-order valence-electron chi connectivity index (χ4n) is 3.48. The number of allylic oxidation sites excluding steroid dienone is 1. The highest BCUT2D eigenvalue weighted by molar-refractivity contribution is 9.10. The Labute approximate surface area is 201 Å². The molecule has 1 aliphatic heterocycles. The Morgan fingerprint density at radius 1 is 1.25 bits per heavy atom. The zero-order valence-corrected chi connectivity index (χ0v) is 21.4. The molecule has 1 aliphatic rings. The van der Waals surface area contributed by atoms with E-state index in [1.807, 2.05) is 32.9 Å². The summed E-state index contributed by atoms with van der Waals surface area (Å²) in [5.41, 5.74) is 1.95. The highest BCUT2D eigenvalue weighted by atomic mass is 79.9. The predicted octanol–water partition coefficient (Wildman–Crippen LogP) is 5.19. The molecule has 1 atom stereocenters. The number of rotatable bonds is 10. The van der Waals surface area contributed by atoms with Crippen LogP contribution in [0, 0.1) is 0 Å². The van der Waals surface area contributed by atoms with Gasteiger partial charge in [-0.05, 0) is 60.8 Å². The number of ether oxygens (including phenoxy) is 3. The number of fused-ring (bicyclic) bond motifs is 1. The maximum absolute atomic E-state index is 12.8. The number of nitrogens with one attached hydrogen (secondary N) is 1. The van der Waals surface area contributed by atoms with E-state index in [9.17, 15) is 4.79 Å². The Balaban J connectivity index is 2.14. The molecule has 0 saturated heterocycles. The summed E-state index contributed by atoms with van der Waals surface area (Å²) in [5.74, 6) is 2.32. The van der Waals surface area contributed by atoms with Gasteiger partial charge in [0, 0.05) is 11.4 Å². The molecule has 0 aliphatic carbocycles. The molecule has 174 valence electrons. The summed E-state index contributed by atoms with van der Waals surface area (Å²) in [6.07, 6.45) is 2.19. The van der Waals surface area contributed by atoms with Crippen molar-refractivity contribution in [1.29, 1.82) is 0 Å². The van der Waals surface area contributed by atoms with Crippen LogP contribution in [0.4, 0.5) is 5.95 Å². The van der Waals surface area contributed by atoms with Gasteiger partial charge in [0.15, 0.2) is 11.5 Å². The number of halogens is 1. The number of benzene rings is 1. The van der Waals surface area contributed by atoms with Crippen LogP contribution in [0.3, 0.4) is 0 Å². The number of carbonyl (C=O) groups is 1. The Bertz CT molecular complexity index is 1010. The van der Waals surface area contributed by atoms with Crippen molar-refractivity contribution < 1.29 is 19.0 Å². The minimum Gasteiger partial charge on any atom is -0.490 e. The smallest absolute Gasteiger partial charge is 0.338 e. The minimum atomic E-state index is -0.530. The monoisotopic (exact) mass is 524 g/mol. The number of unbranched alkanes of at least 4 members (excludes halogenated alkanes) is 1. The molecule has 0 fully saturated rings. The molecule has 10 heteroatoms. The molecule has 1 N–H and O–H groups in total. The first-order valence-corrected chi connectivity index (χ1v) is 12.5. The highest BCUT2D eigenvalue weighted by Crippen LogP contribution is 2.43. The van der Waals surface area contributed by atoms with Gasteiger partial charge in [0.1, 0.15) is 6.04 Å². The molecule has 8 nitrogen and oxygen atoms in total. The number of carbonyl (C=O) groups excluding carboxylic acids is 1. The van der Waals surface area contributed by atoms with Crippen LogP contribution in [0.1, 0.15) is 52.1 Å². The number of hydrogen-bond donors (Lipinski definition) is 1. The van der Waals surface area contributed by atoms with Crippen LogP contribution in [0.25, 0.3) is 0 Å². The number of methoxy groups -OCH3 is 1. The number of thioether (sulfide) groups is 1. The average molecular weight is 525 g/mol. The van der Waals surface area contributed by atoms with Crippen molar-refractivity contribution in [1.82, 2.24) is 14.8 Å². The van der Waals surface area contributed by atoms with Crippen LogP contribution in [0.2, 0.25) is 0 Å². The lowest BCUT2D eigenvalue weighted by molar-refractivity contribution is -0.136. The van der Waals surface area contributed by atoms with E-state index in [2.05, 4.69) is 33.2 Å². The van der Waals surface area contributed by atoms with Crippen molar-refractivity contribution in [2.45, 2.75) is 51.7 Å². The number of anilines is 1. The molecule has 32 heavy (non-hydrogen) atoms. The van der Waals surface area contributed by atoms with Crippen LogP contribution < -0.4 is 14.8 Å². The van der Waals surface area contributed by atoms with E-state index in [1.54, 1.807) is 16.4 Å². The number of nitrogens with zero attached hydrogens (tertiary/aromatic N) is 3. The van der Waals surface area contributed by atoms with Gasteiger partial charge >= 0.3 is 5.97 Å². The lowest BCUT2D eigenvalue weighted by Crippen LogP contribution is -2.29. The Hall–Kier alpha value is -2.20. The lowest BCUT2D eigenvalue weighted by Gasteiger charge is -2.28. The van der Waals surface area contributed by atoms with Crippen LogP contribution in [-0.4, -0.2) is 46.8 Å². The van der Waals surface area contributed by atoms with Gasteiger partial charge in [-0.2, -0.15) is 4.98 Å². The van der Waals surface area contributed by atoms with Gasteiger partial charge in [-0.15, -0.1) is 5.10 Å². The minimum absolute atomic E-state index is 0.427. The first-order valence-electron chi connectivity index (χ1n) is 10.7. The quantitative estimate of drug-likeness (QED) is 0.258. The molecule has 1 unspecified atom stereocenters. The van der Waals surface area contributed by atoms with E-state index in [-0.39, 0.29) is 0 Å². The van der Waals surface area contributed by atoms with Gasteiger partial charge in [0.05, 0.1) is 30.4 Å². The number of esters is 1. The summed E-state index contributed by atoms with van der Waals surface area (Å²) in [6, 6.07) is 3.29. The van der Waals surface area contributed by atoms with E-state index in [1.165, 1.54) is 7.11 Å². The topological polar surface area (TPSA) is 87.5 Å². The molecule has 2 aromatic rings. The second-order valence-corrected chi connectivity index (χ2v) is 9.03. The first kappa shape index (κ1) is 24.4. The van der Waals surface area contributed by atoms with Crippen molar-refractivity contribution in [2.75, 3.05) is 31.4 Å². The molecule has 0 radical (unpaired) electrons. The SMILES string of the molecule is CCCCSc1nc2n(n1)C(c1cc(Br)c(OCC)c(OCC)c1)C(C(=O)OC)=C(C)N2. The van der Waals surface area contributed by atoms with Crippen LogP contribution in [0.15, 0.2) is 33.0 Å². The Morgan fingerprint density at radius 3 is 2.66 bits per heavy atom. The molecular weight excluding hydrogens is 496 g/mol. The van der Waals surface area contributed by atoms with E-state index in [4.69, 9.17) is 19.3 Å². The van der Waals surface area contributed by atoms with Crippen LogP contribution >= 0.6 is 27.7 Å². The molecule has 1 aromatic heterocycles. The van der Waals surface area contributed by atoms with Gasteiger partial charge in [-0.25, -0.2) is 9.48 Å². The van der Waals surface area contributed by atoms with Gasteiger partial charge in [-0.3, -0.25) is 0 Å². The van der Waals surface area contributed by atoms with Crippen molar-refractivity contribution in [3.8, 4) is 11.5 Å². The molecule has 0 amide bonds. The van der Waals surface area contributed by atoms with Gasteiger partial charge in [0.2, 0.25) is 11.1 Å². The maximum atomic E-state index is 12.8. The molecule has 0 spiro atoms. The molecular formula is C22H29BrN4O4S. The summed E-state index contributed by atoms with van der Waals surface area (Å²) in [4.78, 5) is 17.4. The number of hydrogen-bond acceptors (Lipinski definition) is 8. The summed E-state index contributed by atoms with van der Waals surface area (Å²) in [6.45, 7) is 8.81. The van der Waals surface area contributed by atoms with Crippen molar-refractivity contribution in [2.24, 2.45) is 0 Å². The van der Waals surface area contributed by atoms with Crippen LogP contribution in [-0.2, 0) is 9.53 Å². The zero-order valence-electron chi connectivity index (χ0n) is 19.0. The molecule has 3 rings (SSSR count). The fraction of sp³-hybridized carbons (Fsp3) is 0.500. The molecule has 0 saturated carbocycles. The largest absolute Gasteiger partial charge is 0.490 e. The second-order valence-electron chi connectivity index (χ2n) is 7.12. The standard InChI is InChI=1S/C22H29BrN4O4S/c1-6-9-10-32-22-25-21-24-13(4)17(20(28)29-5)18(27(21)26-22)14-11-15(23)19(31-8-3)16(12-14)30-7-2/h11-12,18H,6-10H2,1-5H3,(H,24,25,26). The normalized spacial score (nSPS) is 15.2. The molecule has 0 bridgehead atoms. The second kappa shape index (κ2) is 11.1. The highest BCUT2D eigenvalue weighted by Gasteiger charge is 2.36. The van der Waals surface area contributed by atoms with Crippen molar-refractivity contribution in [3.63, 3.8) is 0 Å². The van der Waals surface area contributed by atoms with E-state index >= 15 is 0 Å². The summed E-state index contributed by atoms with van der Waals surface area (Å²) < 4.78 is 19.2. The van der Waals surface area contributed by atoms with Gasteiger partial charge in [-0.1, -0.05) is 25.1 Å². The van der Waals surface area contributed by atoms with Gasteiger partial charge in [0.25, 0.3) is 0 Å². The van der Waals surface area contributed by atoms with E-state index in [0.29, 0.717) is 47.1 Å². The predicted molar refractivity (Wildman–Crippen MR) is 129 cm³/mol. The summed E-state index contributed by atoms with van der Waals surface area (Å²) in [5, 5.41) is 8.60. The third kappa shape index (κ3) is 5.06. The first-order chi connectivity index (χ1) is 15.4. The van der Waals surface area contributed by atoms with E-state index < -0.39 is 12.0 Å². The molecule has 2 heterocycles. The average Bonchev–Trinajstić information content (AvgIpc) is 3.17. The third-order valence-corrected chi connectivity index (χ3v) is 6.42. The van der Waals surface area contributed by atoms with E-state index in [0.717, 1.165) is 28.6 Å². The van der Waals surface area contributed by atoms with Gasteiger partial charge < -0.3 is 19.5 Å². The Morgan fingerprint density at radius 2 is 2.00 bits per heavy atom. The van der Waals surface area contributed by atoms with Crippen molar-refractivity contribution >= 4 is 39.6 Å². The zero-order chi connectivity index (χ0) is 23.3. The summed E-state index contributed by atoms with van der Waals surface area (Å²) >= 11 is 5.21. The third-order valence-electron chi connectivity index (χ3n) is 4.90. The fourth-order valence-corrected chi connectivity index (χ4v) is 4.96. The Kier molecular flexibility index (Phi) is 8.47. The number of aromatic nitrogens is 3. The maximum Gasteiger partial charge on any atom is 0.338 e. The van der Waals surface area contributed by atoms with Crippen molar-refractivity contribution in [3.05, 3.63) is 33.4 Å². The summed E-state index contributed by atoms with van der Waals surface area (Å²) in [7, 11) is 1.38. The van der Waals surface area contributed by atoms with Crippen LogP contribution in [0.5, 0.6) is 11.5 Å². The lowest BCUT2D eigenvalue weighted by atomic mass is 9.95.